The maximum Gasteiger partial charge on any atom is -0.00886 e. The van der Waals surface area contributed by atoms with Crippen molar-refractivity contribution in [1.82, 2.24) is 0 Å². The minimum absolute atomic E-state index is 0.685. The minimum atomic E-state index is 0.685. The lowest BCUT2D eigenvalue weighted by atomic mass is 10.1. The van der Waals surface area contributed by atoms with Crippen LogP contribution in [-0.4, -0.2) is 0 Å². The normalized spacial score (nSPS) is 17.6. The molecular formula is C8H11. The van der Waals surface area contributed by atoms with Crippen molar-refractivity contribution >= 4 is 0 Å². The van der Waals surface area contributed by atoms with E-state index in [4.69, 9.17) is 0 Å². The molecular weight excluding hydrogens is 96.1 g/mol. The Labute approximate surface area is 50.9 Å². The van der Waals surface area contributed by atoms with Crippen LogP contribution >= 0.6 is 0 Å². The Hall–Kier alpha value is -0.520. The lowest BCUT2D eigenvalue weighted by Crippen LogP contribution is -1.85. The van der Waals surface area contributed by atoms with Crippen LogP contribution in [-0.2, 0) is 0 Å². The summed E-state index contributed by atoms with van der Waals surface area (Å²) in [6, 6.07) is 0. The van der Waals surface area contributed by atoms with Crippen LogP contribution in [0.3, 0.4) is 0 Å². The quantitative estimate of drug-likeness (QED) is 0.482. The highest BCUT2D eigenvalue weighted by Crippen LogP contribution is 2.16. The average Bonchev–Trinajstić information content (AvgIpc) is 2.12. The molecule has 0 spiro atoms. The van der Waals surface area contributed by atoms with Gasteiger partial charge in [0.05, 0.1) is 0 Å². The van der Waals surface area contributed by atoms with Crippen molar-refractivity contribution in [3.63, 3.8) is 0 Å². The Balaban J connectivity index is 2.58. The van der Waals surface area contributed by atoms with E-state index in [1.54, 1.807) is 0 Å². The first-order valence-electron chi connectivity index (χ1n) is 3.07. The van der Waals surface area contributed by atoms with E-state index < -0.39 is 0 Å². The Kier molecular flexibility index (Phi) is 1.52. The number of hydrogen-bond acceptors (Lipinski definition) is 0. The molecule has 0 N–H and O–H groups in total. The van der Waals surface area contributed by atoms with Gasteiger partial charge in [-0.1, -0.05) is 26.0 Å². The third-order valence-electron chi connectivity index (χ3n) is 1.39. The van der Waals surface area contributed by atoms with Gasteiger partial charge >= 0.3 is 0 Å². The van der Waals surface area contributed by atoms with Crippen molar-refractivity contribution in [1.29, 1.82) is 0 Å². The summed E-state index contributed by atoms with van der Waals surface area (Å²) in [5.41, 5.74) is 1.44. The van der Waals surface area contributed by atoms with Gasteiger partial charge < -0.3 is 0 Å². The van der Waals surface area contributed by atoms with E-state index in [1.165, 1.54) is 5.57 Å². The third-order valence-corrected chi connectivity index (χ3v) is 1.39. The fraction of sp³-hybridized carbons (Fsp3) is 0.500. The molecule has 0 atom stereocenters. The fourth-order valence-electron chi connectivity index (χ4n) is 0.815. The second-order valence-electron chi connectivity index (χ2n) is 2.41. The molecule has 1 radical (unpaired) electrons. The van der Waals surface area contributed by atoms with Gasteiger partial charge in [0, 0.05) is 0 Å². The highest BCUT2D eigenvalue weighted by molar-refractivity contribution is 5.24. The Morgan fingerprint density at radius 3 is 2.62 bits per heavy atom. The Morgan fingerprint density at radius 2 is 2.38 bits per heavy atom. The summed E-state index contributed by atoms with van der Waals surface area (Å²) >= 11 is 0. The van der Waals surface area contributed by atoms with Gasteiger partial charge in [0.25, 0.3) is 0 Å². The van der Waals surface area contributed by atoms with E-state index in [9.17, 15) is 0 Å². The summed E-state index contributed by atoms with van der Waals surface area (Å²) in [5, 5.41) is 0. The Bertz CT molecular complexity index is 127. The van der Waals surface area contributed by atoms with Crippen molar-refractivity contribution in [3.8, 4) is 0 Å². The summed E-state index contributed by atoms with van der Waals surface area (Å²) in [5.74, 6) is 0.685. The van der Waals surface area contributed by atoms with Crippen LogP contribution in [0.25, 0.3) is 0 Å². The average molecular weight is 107 g/mol. The molecule has 1 rings (SSSR count). The molecule has 0 unspecified atom stereocenters. The maximum absolute atomic E-state index is 3.14. The van der Waals surface area contributed by atoms with Crippen LogP contribution in [0.15, 0.2) is 17.7 Å². The van der Waals surface area contributed by atoms with Crippen molar-refractivity contribution in [2.45, 2.75) is 20.3 Å². The predicted molar refractivity (Wildman–Crippen MR) is 35.4 cm³/mol. The minimum Gasteiger partial charge on any atom is -0.0766 e. The van der Waals surface area contributed by atoms with Crippen molar-refractivity contribution in [2.75, 3.05) is 0 Å². The van der Waals surface area contributed by atoms with Gasteiger partial charge in [-0.25, -0.2) is 0 Å². The highest BCUT2D eigenvalue weighted by Gasteiger charge is 2.00. The van der Waals surface area contributed by atoms with E-state index in [2.05, 4.69) is 32.1 Å². The van der Waals surface area contributed by atoms with Gasteiger partial charge in [0.2, 0.25) is 0 Å². The molecule has 0 heteroatoms. The summed E-state index contributed by atoms with van der Waals surface area (Å²) in [6.45, 7) is 4.41. The third kappa shape index (κ3) is 1.00. The lowest BCUT2D eigenvalue weighted by Gasteiger charge is -1.99. The second kappa shape index (κ2) is 2.17. The monoisotopic (exact) mass is 107 g/mol. The molecule has 0 amide bonds. The molecule has 0 aromatic rings. The molecule has 0 aromatic carbocycles. The van der Waals surface area contributed by atoms with Gasteiger partial charge in [-0.15, -0.1) is 0 Å². The molecule has 0 aliphatic heterocycles. The SMILES string of the molecule is CC(C)C1=CC[C]=C1. The van der Waals surface area contributed by atoms with Gasteiger partial charge in [0.15, 0.2) is 0 Å². The van der Waals surface area contributed by atoms with Crippen LogP contribution in [0.5, 0.6) is 0 Å². The molecule has 1 aliphatic carbocycles. The molecule has 0 bridgehead atoms. The van der Waals surface area contributed by atoms with Crippen molar-refractivity contribution < 1.29 is 0 Å². The van der Waals surface area contributed by atoms with E-state index in [0.717, 1.165) is 6.42 Å². The summed E-state index contributed by atoms with van der Waals surface area (Å²) in [6.07, 6.45) is 8.47. The predicted octanol–water partition coefficient (Wildman–Crippen LogP) is 2.33. The lowest BCUT2D eigenvalue weighted by molar-refractivity contribution is 0.793. The summed E-state index contributed by atoms with van der Waals surface area (Å²) < 4.78 is 0. The van der Waals surface area contributed by atoms with E-state index >= 15 is 0 Å². The standard InChI is InChI=1S/C8H11/c1-7(2)8-5-3-4-6-8/h5-7H,3H2,1-2H3. The maximum atomic E-state index is 3.14. The van der Waals surface area contributed by atoms with Gasteiger partial charge in [-0.3, -0.25) is 0 Å². The first-order chi connectivity index (χ1) is 3.80. The van der Waals surface area contributed by atoms with E-state index in [0.29, 0.717) is 5.92 Å². The van der Waals surface area contributed by atoms with E-state index in [1.807, 2.05) is 0 Å². The molecule has 8 heavy (non-hydrogen) atoms. The molecule has 0 saturated heterocycles. The van der Waals surface area contributed by atoms with Gasteiger partial charge in [-0.2, -0.15) is 0 Å². The first kappa shape index (κ1) is 5.61. The smallest absolute Gasteiger partial charge is 0.00886 e. The Morgan fingerprint density at radius 1 is 1.62 bits per heavy atom. The topological polar surface area (TPSA) is 0 Å². The van der Waals surface area contributed by atoms with Gasteiger partial charge in [0.1, 0.15) is 0 Å². The van der Waals surface area contributed by atoms with E-state index in [-0.39, 0.29) is 0 Å². The molecule has 1 aliphatic rings. The summed E-state index contributed by atoms with van der Waals surface area (Å²) in [7, 11) is 0. The van der Waals surface area contributed by atoms with Crippen molar-refractivity contribution in [3.05, 3.63) is 23.8 Å². The molecule has 0 aromatic heterocycles. The zero-order valence-corrected chi connectivity index (χ0v) is 5.44. The molecule has 0 heterocycles. The molecule has 0 nitrogen and oxygen atoms in total. The van der Waals surface area contributed by atoms with Gasteiger partial charge in [-0.05, 0) is 24.0 Å². The summed E-state index contributed by atoms with van der Waals surface area (Å²) in [4.78, 5) is 0. The molecule has 43 valence electrons. The largest absolute Gasteiger partial charge is 0.0766 e. The highest BCUT2D eigenvalue weighted by atomic mass is 14.1. The van der Waals surface area contributed by atoms with Crippen LogP contribution in [0.1, 0.15) is 20.3 Å². The van der Waals surface area contributed by atoms with Crippen LogP contribution in [0.4, 0.5) is 0 Å². The van der Waals surface area contributed by atoms with Crippen LogP contribution < -0.4 is 0 Å². The first-order valence-corrected chi connectivity index (χ1v) is 3.07. The zero-order chi connectivity index (χ0) is 5.98. The second-order valence-corrected chi connectivity index (χ2v) is 2.41. The van der Waals surface area contributed by atoms with Crippen LogP contribution in [0, 0.1) is 12.0 Å². The molecule has 0 fully saturated rings. The fourth-order valence-corrected chi connectivity index (χ4v) is 0.815. The zero-order valence-electron chi connectivity index (χ0n) is 5.44. The number of hydrogen-bond donors (Lipinski definition) is 0. The number of allylic oxidation sites excluding steroid dienone is 4. The van der Waals surface area contributed by atoms with Crippen LogP contribution in [0.2, 0.25) is 0 Å². The van der Waals surface area contributed by atoms with Crippen molar-refractivity contribution in [2.24, 2.45) is 5.92 Å². The molecule has 0 saturated carbocycles. The number of rotatable bonds is 1.